The van der Waals surface area contributed by atoms with E-state index in [-0.39, 0.29) is 0 Å². The molecule has 0 saturated carbocycles. The Morgan fingerprint density at radius 3 is 2.62 bits per heavy atom. The number of nitrogens with two attached hydrogens (primary N) is 1. The molecule has 0 atom stereocenters. The maximum Gasteiger partial charge on any atom is 0.0730 e. The SMILES string of the molecule is Cc1cc2cc3ccccc3nc2cc1N. The van der Waals surface area contributed by atoms with E-state index >= 15 is 0 Å². The van der Waals surface area contributed by atoms with Gasteiger partial charge in [0.15, 0.2) is 0 Å². The average Bonchev–Trinajstić information content (AvgIpc) is 2.28. The molecule has 0 radical (unpaired) electrons. The number of aromatic nitrogens is 1. The van der Waals surface area contributed by atoms with Crippen LogP contribution >= 0.6 is 0 Å². The van der Waals surface area contributed by atoms with Gasteiger partial charge in [-0.1, -0.05) is 18.2 Å². The van der Waals surface area contributed by atoms with Gasteiger partial charge in [0.1, 0.15) is 0 Å². The summed E-state index contributed by atoms with van der Waals surface area (Å²) in [4.78, 5) is 4.60. The zero-order valence-corrected chi connectivity index (χ0v) is 9.07. The van der Waals surface area contributed by atoms with E-state index in [1.54, 1.807) is 0 Å². The molecule has 0 aliphatic heterocycles. The van der Waals surface area contributed by atoms with Gasteiger partial charge in [-0.15, -0.1) is 0 Å². The summed E-state index contributed by atoms with van der Waals surface area (Å²) in [6.45, 7) is 2.02. The second-order valence-electron chi connectivity index (χ2n) is 4.08. The number of benzene rings is 2. The van der Waals surface area contributed by atoms with E-state index in [4.69, 9.17) is 5.73 Å². The van der Waals surface area contributed by atoms with Crippen LogP contribution in [0.3, 0.4) is 0 Å². The minimum Gasteiger partial charge on any atom is -0.398 e. The molecule has 0 saturated heterocycles. The molecule has 0 bridgehead atoms. The van der Waals surface area contributed by atoms with Crippen LogP contribution in [-0.2, 0) is 0 Å². The van der Waals surface area contributed by atoms with Crippen LogP contribution in [0.2, 0.25) is 0 Å². The second-order valence-corrected chi connectivity index (χ2v) is 4.08. The first kappa shape index (κ1) is 9.16. The van der Waals surface area contributed by atoms with E-state index in [2.05, 4.69) is 23.2 Å². The van der Waals surface area contributed by atoms with E-state index in [0.717, 1.165) is 27.7 Å². The number of para-hydroxylation sites is 1. The molecule has 2 N–H and O–H groups in total. The molecule has 0 amide bonds. The molecule has 0 aliphatic carbocycles. The highest BCUT2D eigenvalue weighted by molar-refractivity contribution is 5.94. The van der Waals surface area contributed by atoms with Gasteiger partial charge in [-0.2, -0.15) is 0 Å². The predicted molar refractivity (Wildman–Crippen MR) is 68.4 cm³/mol. The topological polar surface area (TPSA) is 38.9 Å². The van der Waals surface area contributed by atoms with Gasteiger partial charge < -0.3 is 5.73 Å². The molecule has 3 aromatic rings. The standard InChI is InChI=1S/C14H12N2/c1-9-6-11-7-10-4-2-3-5-13(10)16-14(11)8-12(9)15/h2-8H,15H2,1H3. The molecule has 78 valence electrons. The molecule has 16 heavy (non-hydrogen) atoms. The Bertz CT molecular complexity index is 627. The van der Waals surface area contributed by atoms with E-state index in [0.29, 0.717) is 0 Å². The Morgan fingerprint density at radius 1 is 0.938 bits per heavy atom. The molecular formula is C14H12N2. The van der Waals surface area contributed by atoms with Crippen LogP contribution in [0.15, 0.2) is 42.5 Å². The van der Waals surface area contributed by atoms with Gasteiger partial charge in [-0.25, -0.2) is 4.98 Å². The lowest BCUT2D eigenvalue weighted by molar-refractivity contribution is 1.45. The fraction of sp³-hybridized carbons (Fsp3) is 0.0714. The molecule has 1 aromatic heterocycles. The van der Waals surface area contributed by atoms with Crippen LogP contribution in [-0.4, -0.2) is 4.98 Å². The number of aryl methyl sites for hydroxylation is 1. The molecule has 2 aromatic carbocycles. The normalized spacial score (nSPS) is 11.1. The van der Waals surface area contributed by atoms with E-state index in [1.807, 2.05) is 31.2 Å². The summed E-state index contributed by atoms with van der Waals surface area (Å²) >= 11 is 0. The highest BCUT2D eigenvalue weighted by Crippen LogP contribution is 2.23. The van der Waals surface area contributed by atoms with Crippen molar-refractivity contribution in [1.82, 2.24) is 4.98 Å². The fourth-order valence-electron chi connectivity index (χ4n) is 1.96. The molecular weight excluding hydrogens is 196 g/mol. The van der Waals surface area contributed by atoms with Crippen LogP contribution in [0.5, 0.6) is 0 Å². The van der Waals surface area contributed by atoms with Crippen molar-refractivity contribution in [3.05, 3.63) is 48.0 Å². The highest BCUT2D eigenvalue weighted by Gasteiger charge is 2.01. The molecule has 0 unspecified atom stereocenters. The van der Waals surface area contributed by atoms with Crippen molar-refractivity contribution in [1.29, 1.82) is 0 Å². The first-order valence-electron chi connectivity index (χ1n) is 5.30. The molecule has 3 rings (SSSR count). The van der Waals surface area contributed by atoms with Gasteiger partial charge in [-0.3, -0.25) is 0 Å². The summed E-state index contributed by atoms with van der Waals surface area (Å²) in [5.41, 5.74) is 9.76. The smallest absolute Gasteiger partial charge is 0.0730 e. The van der Waals surface area contributed by atoms with Crippen molar-refractivity contribution in [3.63, 3.8) is 0 Å². The third-order valence-electron chi connectivity index (χ3n) is 2.90. The molecule has 2 heteroatoms. The molecule has 0 aliphatic rings. The minimum absolute atomic E-state index is 0.801. The van der Waals surface area contributed by atoms with Crippen molar-refractivity contribution in [2.24, 2.45) is 0 Å². The summed E-state index contributed by atoms with van der Waals surface area (Å²) < 4.78 is 0. The van der Waals surface area contributed by atoms with Gasteiger partial charge >= 0.3 is 0 Å². The summed E-state index contributed by atoms with van der Waals surface area (Å²) in [7, 11) is 0. The Hall–Kier alpha value is -2.09. The van der Waals surface area contributed by atoms with Crippen molar-refractivity contribution in [3.8, 4) is 0 Å². The van der Waals surface area contributed by atoms with Crippen molar-refractivity contribution >= 4 is 27.5 Å². The number of fused-ring (bicyclic) bond motifs is 2. The fourth-order valence-corrected chi connectivity index (χ4v) is 1.96. The van der Waals surface area contributed by atoms with Crippen LogP contribution in [0.4, 0.5) is 5.69 Å². The van der Waals surface area contributed by atoms with E-state index in [9.17, 15) is 0 Å². The number of hydrogen-bond donors (Lipinski definition) is 1. The van der Waals surface area contributed by atoms with Crippen LogP contribution in [0.25, 0.3) is 21.8 Å². The first-order chi connectivity index (χ1) is 7.74. The monoisotopic (exact) mass is 208 g/mol. The lowest BCUT2D eigenvalue weighted by Gasteiger charge is -2.05. The number of nitrogen functional groups attached to an aromatic ring is 1. The number of nitrogens with zero attached hydrogens (tertiary/aromatic N) is 1. The third-order valence-corrected chi connectivity index (χ3v) is 2.90. The van der Waals surface area contributed by atoms with E-state index < -0.39 is 0 Å². The summed E-state index contributed by atoms with van der Waals surface area (Å²) in [6, 6.07) is 14.3. The first-order valence-corrected chi connectivity index (χ1v) is 5.30. The highest BCUT2D eigenvalue weighted by atomic mass is 14.7. The Morgan fingerprint density at radius 2 is 1.75 bits per heavy atom. The summed E-state index contributed by atoms with van der Waals surface area (Å²) in [5, 5.41) is 2.31. The zero-order chi connectivity index (χ0) is 11.1. The number of hydrogen-bond acceptors (Lipinski definition) is 2. The van der Waals surface area contributed by atoms with Crippen molar-refractivity contribution in [2.75, 3.05) is 5.73 Å². The van der Waals surface area contributed by atoms with Gasteiger partial charge in [0.25, 0.3) is 0 Å². The van der Waals surface area contributed by atoms with Crippen molar-refractivity contribution < 1.29 is 0 Å². The Balaban J connectivity index is 2.46. The largest absolute Gasteiger partial charge is 0.398 e. The average molecular weight is 208 g/mol. The maximum atomic E-state index is 5.89. The van der Waals surface area contributed by atoms with Gasteiger partial charge in [0, 0.05) is 16.5 Å². The Labute approximate surface area is 93.7 Å². The molecule has 0 spiro atoms. The Kier molecular flexibility index (Phi) is 1.83. The molecule has 2 nitrogen and oxygen atoms in total. The lowest BCUT2D eigenvalue weighted by Crippen LogP contribution is -1.91. The maximum absolute atomic E-state index is 5.89. The number of rotatable bonds is 0. The van der Waals surface area contributed by atoms with Gasteiger partial charge in [-0.05, 0) is 36.8 Å². The second kappa shape index (κ2) is 3.20. The van der Waals surface area contributed by atoms with Gasteiger partial charge in [0.2, 0.25) is 0 Å². The predicted octanol–water partition coefficient (Wildman–Crippen LogP) is 3.28. The minimum atomic E-state index is 0.801. The van der Waals surface area contributed by atoms with Crippen molar-refractivity contribution in [2.45, 2.75) is 6.92 Å². The summed E-state index contributed by atoms with van der Waals surface area (Å²) in [6.07, 6.45) is 0. The summed E-state index contributed by atoms with van der Waals surface area (Å²) in [5.74, 6) is 0. The zero-order valence-electron chi connectivity index (χ0n) is 9.07. The third kappa shape index (κ3) is 1.31. The van der Waals surface area contributed by atoms with E-state index in [1.165, 1.54) is 5.39 Å². The van der Waals surface area contributed by atoms with Crippen LogP contribution in [0, 0.1) is 6.92 Å². The van der Waals surface area contributed by atoms with Crippen LogP contribution < -0.4 is 5.73 Å². The molecule has 1 heterocycles. The number of anilines is 1. The van der Waals surface area contributed by atoms with Gasteiger partial charge in [0.05, 0.1) is 11.0 Å². The van der Waals surface area contributed by atoms with Crippen LogP contribution in [0.1, 0.15) is 5.56 Å². The lowest BCUT2D eigenvalue weighted by atomic mass is 10.1. The quantitative estimate of drug-likeness (QED) is 0.455. The number of pyridine rings is 1. The molecule has 0 fully saturated rings.